The number of fused-ring (bicyclic) bond motifs is 2. The third kappa shape index (κ3) is 5.67. The molecule has 8 nitrogen and oxygen atoms in total. The minimum Gasteiger partial charge on any atom is -0.505 e. The highest BCUT2D eigenvalue weighted by molar-refractivity contribution is 6.76. The highest BCUT2D eigenvalue weighted by Crippen LogP contribution is 2.45. The lowest BCUT2D eigenvalue weighted by molar-refractivity contribution is 0.0639. The number of rotatable bonds is 10. The van der Waals surface area contributed by atoms with Crippen LogP contribution in [0.25, 0.3) is 10.9 Å². The first-order valence-electron chi connectivity index (χ1n) is 13.6. The standard InChI is InChI=1S/C32H33FN2O6Si/c1-39-23-11-8-21(25(16-23)40-2)18-35-31(37)26-27(32(35)38)30(41-12-13-42(3,4)5)24-15-20(17-34-28(24)29(26)36)14-19-6-9-22(33)10-7-19/h6-11,15-17,36H,12-14,18H2,1-5H3. The van der Waals surface area contributed by atoms with Gasteiger partial charge in [-0.05, 0) is 53.9 Å². The molecule has 5 rings (SSSR count). The monoisotopic (exact) mass is 588 g/mol. The Balaban J connectivity index is 1.60. The molecule has 3 aromatic carbocycles. The second-order valence-electron chi connectivity index (χ2n) is 11.5. The zero-order valence-corrected chi connectivity index (χ0v) is 25.3. The molecule has 10 heteroatoms. The van der Waals surface area contributed by atoms with Gasteiger partial charge in [0.2, 0.25) is 0 Å². The summed E-state index contributed by atoms with van der Waals surface area (Å²) in [4.78, 5) is 33.2. The largest absolute Gasteiger partial charge is 0.505 e. The lowest BCUT2D eigenvalue weighted by Gasteiger charge is -2.19. The van der Waals surface area contributed by atoms with Gasteiger partial charge >= 0.3 is 0 Å². The highest BCUT2D eigenvalue weighted by Gasteiger charge is 2.43. The molecule has 0 bridgehead atoms. The Hall–Kier alpha value is -4.44. The molecule has 218 valence electrons. The maximum absolute atomic E-state index is 13.9. The van der Waals surface area contributed by atoms with Crippen molar-refractivity contribution in [1.82, 2.24) is 9.88 Å². The number of benzene rings is 3. The van der Waals surface area contributed by atoms with Gasteiger partial charge in [0.15, 0.2) is 5.75 Å². The summed E-state index contributed by atoms with van der Waals surface area (Å²) in [5.41, 5.74) is 2.31. The fourth-order valence-electron chi connectivity index (χ4n) is 4.97. The van der Waals surface area contributed by atoms with Crippen molar-refractivity contribution >= 4 is 30.8 Å². The van der Waals surface area contributed by atoms with Crippen molar-refractivity contribution < 1.29 is 33.3 Å². The fourth-order valence-corrected chi connectivity index (χ4v) is 5.68. The Labute approximate surface area is 244 Å². The predicted molar refractivity (Wildman–Crippen MR) is 160 cm³/mol. The molecule has 4 aromatic rings. The number of methoxy groups -OCH3 is 2. The number of pyridine rings is 1. The molecule has 1 aromatic heterocycles. The quantitative estimate of drug-likeness (QED) is 0.174. The first-order valence-corrected chi connectivity index (χ1v) is 17.3. The van der Waals surface area contributed by atoms with E-state index in [1.807, 2.05) is 6.07 Å². The third-order valence-corrected chi connectivity index (χ3v) is 8.99. The van der Waals surface area contributed by atoms with E-state index in [0.717, 1.165) is 22.1 Å². The van der Waals surface area contributed by atoms with E-state index in [4.69, 9.17) is 14.2 Å². The second-order valence-corrected chi connectivity index (χ2v) is 17.1. The molecule has 0 unspecified atom stereocenters. The third-order valence-electron chi connectivity index (χ3n) is 7.29. The summed E-state index contributed by atoms with van der Waals surface area (Å²) < 4.78 is 30.5. The van der Waals surface area contributed by atoms with Crippen molar-refractivity contribution in [3.8, 4) is 23.0 Å². The lowest BCUT2D eigenvalue weighted by Crippen LogP contribution is -2.29. The summed E-state index contributed by atoms with van der Waals surface area (Å²) in [6.45, 7) is 6.93. The van der Waals surface area contributed by atoms with Crippen molar-refractivity contribution in [2.45, 2.75) is 38.7 Å². The molecule has 2 amide bonds. The predicted octanol–water partition coefficient (Wildman–Crippen LogP) is 6.20. The van der Waals surface area contributed by atoms with Crippen molar-refractivity contribution in [2.24, 2.45) is 0 Å². The number of phenols is 1. The van der Waals surface area contributed by atoms with Gasteiger partial charge in [-0.3, -0.25) is 19.5 Å². The van der Waals surface area contributed by atoms with Gasteiger partial charge in [0.1, 0.15) is 34.1 Å². The van der Waals surface area contributed by atoms with E-state index in [2.05, 4.69) is 24.6 Å². The van der Waals surface area contributed by atoms with Crippen LogP contribution in [0, 0.1) is 5.82 Å². The number of nitrogens with zero attached hydrogens (tertiary/aromatic N) is 2. The molecular weight excluding hydrogens is 555 g/mol. The van der Waals surface area contributed by atoms with E-state index in [9.17, 15) is 19.1 Å². The Morgan fingerprint density at radius 1 is 0.929 bits per heavy atom. The van der Waals surface area contributed by atoms with E-state index in [0.29, 0.717) is 35.5 Å². The maximum atomic E-state index is 13.9. The van der Waals surface area contributed by atoms with E-state index in [-0.39, 0.29) is 40.5 Å². The molecule has 2 heterocycles. The number of phenolic OH excluding ortho intramolecular Hbond substituents is 1. The molecule has 0 fully saturated rings. The Morgan fingerprint density at radius 3 is 2.31 bits per heavy atom. The first kappa shape index (κ1) is 29.1. The van der Waals surface area contributed by atoms with Crippen molar-refractivity contribution in [3.63, 3.8) is 0 Å². The molecule has 0 atom stereocenters. The number of hydrogen-bond donors (Lipinski definition) is 1. The maximum Gasteiger partial charge on any atom is 0.265 e. The first-order chi connectivity index (χ1) is 20.0. The topological polar surface area (TPSA) is 98.2 Å². The summed E-state index contributed by atoms with van der Waals surface area (Å²) in [6, 6.07) is 13.9. The smallest absolute Gasteiger partial charge is 0.265 e. The van der Waals surface area contributed by atoms with Gasteiger partial charge in [-0.15, -0.1) is 0 Å². The molecule has 0 aliphatic carbocycles. The summed E-state index contributed by atoms with van der Waals surface area (Å²) in [5.74, 6) is -0.646. The van der Waals surface area contributed by atoms with Gasteiger partial charge in [0.05, 0.1) is 32.9 Å². The Kier molecular flexibility index (Phi) is 7.92. The summed E-state index contributed by atoms with van der Waals surface area (Å²) in [6.07, 6.45) is 2.05. The molecule has 0 radical (unpaired) electrons. The van der Waals surface area contributed by atoms with E-state index >= 15 is 0 Å². The zero-order valence-electron chi connectivity index (χ0n) is 24.3. The van der Waals surface area contributed by atoms with Crippen LogP contribution in [-0.4, -0.2) is 55.7 Å². The van der Waals surface area contributed by atoms with Gasteiger partial charge in [-0.1, -0.05) is 31.8 Å². The second kappa shape index (κ2) is 11.4. The number of ether oxygens (including phenoxy) is 3. The van der Waals surface area contributed by atoms with Crippen LogP contribution in [0.3, 0.4) is 0 Å². The zero-order chi connectivity index (χ0) is 30.2. The average molecular weight is 589 g/mol. The lowest BCUT2D eigenvalue weighted by atomic mass is 9.99. The fraction of sp³-hybridized carbons (Fsp3) is 0.281. The van der Waals surface area contributed by atoms with Crippen LogP contribution >= 0.6 is 0 Å². The molecule has 1 aliphatic heterocycles. The molecule has 42 heavy (non-hydrogen) atoms. The number of hydrogen-bond acceptors (Lipinski definition) is 7. The molecule has 0 saturated carbocycles. The van der Waals surface area contributed by atoms with Gasteiger partial charge in [0, 0.05) is 31.3 Å². The number of halogens is 1. The van der Waals surface area contributed by atoms with Crippen molar-refractivity contribution in [3.05, 3.63) is 88.4 Å². The normalized spacial score (nSPS) is 13.0. The average Bonchev–Trinajstić information content (AvgIpc) is 3.20. The number of aromatic nitrogens is 1. The van der Waals surface area contributed by atoms with Crippen molar-refractivity contribution in [2.75, 3.05) is 20.8 Å². The molecule has 1 aliphatic rings. The summed E-state index contributed by atoms with van der Waals surface area (Å²) in [5, 5.41) is 11.7. The van der Waals surface area contributed by atoms with Crippen LogP contribution in [0.2, 0.25) is 25.7 Å². The number of carbonyl (C=O) groups excluding carboxylic acids is 2. The number of imide groups is 1. The molecule has 0 saturated heterocycles. The van der Waals surface area contributed by atoms with Gasteiger partial charge in [-0.2, -0.15) is 0 Å². The minimum atomic E-state index is -1.50. The van der Waals surface area contributed by atoms with Gasteiger partial charge in [-0.25, -0.2) is 4.39 Å². The van der Waals surface area contributed by atoms with E-state index < -0.39 is 19.9 Å². The molecule has 0 spiro atoms. The Bertz CT molecular complexity index is 1680. The van der Waals surface area contributed by atoms with Crippen molar-refractivity contribution in [1.29, 1.82) is 0 Å². The van der Waals surface area contributed by atoms with Crippen LogP contribution in [0.15, 0.2) is 54.7 Å². The van der Waals surface area contributed by atoms with Crippen LogP contribution in [0.5, 0.6) is 23.0 Å². The van der Waals surface area contributed by atoms with Crippen LogP contribution in [-0.2, 0) is 13.0 Å². The number of amides is 2. The SMILES string of the molecule is COc1ccc(CN2C(=O)c3c(c(O)c4ncc(Cc5ccc(F)cc5)cc4c3OCC[Si](C)(C)C)C2=O)c(OC)c1. The summed E-state index contributed by atoms with van der Waals surface area (Å²) >= 11 is 0. The molecular formula is C32H33FN2O6Si. The minimum absolute atomic E-state index is 0.0220. The van der Waals surface area contributed by atoms with Crippen LogP contribution < -0.4 is 14.2 Å². The number of aromatic hydroxyl groups is 1. The number of carbonyl (C=O) groups is 2. The molecule has 1 N–H and O–H groups in total. The Morgan fingerprint density at radius 2 is 1.64 bits per heavy atom. The van der Waals surface area contributed by atoms with Gasteiger partial charge < -0.3 is 19.3 Å². The van der Waals surface area contributed by atoms with Crippen LogP contribution in [0.1, 0.15) is 37.4 Å². The highest BCUT2D eigenvalue weighted by atomic mass is 28.3. The summed E-state index contributed by atoms with van der Waals surface area (Å²) in [7, 11) is 1.53. The van der Waals surface area contributed by atoms with Crippen LogP contribution in [0.4, 0.5) is 4.39 Å². The van der Waals surface area contributed by atoms with E-state index in [1.54, 1.807) is 36.5 Å². The van der Waals surface area contributed by atoms with E-state index in [1.165, 1.54) is 26.4 Å². The van der Waals surface area contributed by atoms with Gasteiger partial charge in [0.25, 0.3) is 11.8 Å².